The van der Waals surface area contributed by atoms with Crippen LogP contribution in [0.1, 0.15) is 49.4 Å². The van der Waals surface area contributed by atoms with Crippen molar-refractivity contribution in [2.75, 3.05) is 29.2 Å². The van der Waals surface area contributed by atoms with Crippen LogP contribution in [-0.2, 0) is 9.84 Å². The van der Waals surface area contributed by atoms with Gasteiger partial charge in [0.1, 0.15) is 26.2 Å². The van der Waals surface area contributed by atoms with E-state index < -0.39 is 40.4 Å². The molecule has 0 radical (unpaired) electrons. The van der Waals surface area contributed by atoms with Crippen LogP contribution >= 0.6 is 11.3 Å². The number of alkyl halides is 7. The molecule has 8 nitrogen and oxygen atoms in total. The van der Waals surface area contributed by atoms with Gasteiger partial charge >= 0.3 is 18.0 Å². The van der Waals surface area contributed by atoms with Crippen LogP contribution in [0.25, 0.3) is 20.8 Å². The van der Waals surface area contributed by atoms with Gasteiger partial charge < -0.3 is 10.6 Å². The minimum Gasteiger partial charge on any atom is -0.367 e. The number of anilines is 2. The van der Waals surface area contributed by atoms with E-state index in [1.807, 2.05) is 5.32 Å². The number of nitrogens with zero attached hydrogens (tertiary/aromatic N) is 4. The van der Waals surface area contributed by atoms with Crippen molar-refractivity contribution >= 4 is 43.2 Å². The van der Waals surface area contributed by atoms with Gasteiger partial charge in [-0.3, -0.25) is 4.98 Å². The zero-order valence-corrected chi connectivity index (χ0v) is 24.0. The van der Waals surface area contributed by atoms with Gasteiger partial charge in [0, 0.05) is 24.4 Å². The summed E-state index contributed by atoms with van der Waals surface area (Å²) in [7, 11) is -3.22. The maximum Gasteiger partial charge on any atom is 0.459 e. The van der Waals surface area contributed by atoms with E-state index >= 15 is 0 Å². The average Bonchev–Trinajstić information content (AvgIpc) is 3.48. The number of sulfone groups is 1. The fraction of sp³-hybridized carbons (Fsp3) is 0.600. The lowest BCUT2D eigenvalue weighted by atomic mass is 10.1. The van der Waals surface area contributed by atoms with Crippen molar-refractivity contribution in [3.05, 3.63) is 23.7 Å². The second-order valence-electron chi connectivity index (χ2n) is 10.9. The molecule has 0 aliphatic heterocycles. The summed E-state index contributed by atoms with van der Waals surface area (Å²) in [4.78, 5) is 17.5. The van der Waals surface area contributed by atoms with E-state index in [1.54, 1.807) is 12.3 Å². The molecular weight excluding hydrogens is 613 g/mol. The highest BCUT2D eigenvalue weighted by Gasteiger charge is 2.72. The third kappa shape index (κ3) is 6.26. The van der Waals surface area contributed by atoms with Gasteiger partial charge in [-0.2, -0.15) is 35.7 Å². The third-order valence-corrected chi connectivity index (χ3v) is 9.42. The Morgan fingerprint density at radius 1 is 1.02 bits per heavy atom. The summed E-state index contributed by atoms with van der Waals surface area (Å²) >= 11 is 1.32. The number of pyridine rings is 1. The number of aryl methyl sites for hydroxylation is 1. The SMILES string of the molecule is Cc1nc(NCC(F)(F)C(F)(F)C(F)(F)F)nc(N[C@H]2CC[C@@H](CS(C)(=O)=O)C2)c1-c1nc2c(C3CC3)nccc2s1. The number of halogens is 7. The molecule has 2 fully saturated rings. The third-order valence-electron chi connectivity index (χ3n) is 7.31. The number of fused-ring (bicyclic) bond motifs is 1. The molecule has 0 amide bonds. The predicted octanol–water partition coefficient (Wildman–Crippen LogP) is 6.20. The molecule has 0 aromatic carbocycles. The molecule has 0 spiro atoms. The lowest BCUT2D eigenvalue weighted by Gasteiger charge is -2.28. The minimum atomic E-state index is -6.46. The fourth-order valence-electron chi connectivity index (χ4n) is 5.14. The Balaban J connectivity index is 1.48. The summed E-state index contributed by atoms with van der Waals surface area (Å²) in [6.45, 7) is -0.557. The Bertz CT molecular complexity index is 1590. The van der Waals surface area contributed by atoms with Gasteiger partial charge in [0.15, 0.2) is 0 Å². The van der Waals surface area contributed by atoms with E-state index in [9.17, 15) is 39.2 Å². The molecule has 3 heterocycles. The monoisotopic (exact) mass is 640 g/mol. The number of nitrogens with one attached hydrogen (secondary N) is 2. The number of rotatable bonds is 10. The molecule has 17 heteroatoms. The first-order chi connectivity index (χ1) is 19.4. The normalized spacial score (nSPS) is 20.3. The highest BCUT2D eigenvalue weighted by atomic mass is 32.2. The maximum atomic E-state index is 14.0. The van der Waals surface area contributed by atoms with E-state index in [0.717, 1.165) is 29.5 Å². The van der Waals surface area contributed by atoms with Crippen LogP contribution in [0.2, 0.25) is 0 Å². The molecule has 0 saturated heterocycles. The summed E-state index contributed by atoms with van der Waals surface area (Å²) in [5, 5.41) is 5.53. The summed E-state index contributed by atoms with van der Waals surface area (Å²) in [5.41, 5.74) is 2.18. The van der Waals surface area contributed by atoms with E-state index in [4.69, 9.17) is 4.98 Å². The zero-order valence-electron chi connectivity index (χ0n) is 22.4. The number of aromatic nitrogens is 4. The topological polar surface area (TPSA) is 110 Å². The van der Waals surface area contributed by atoms with Gasteiger partial charge in [-0.25, -0.2) is 18.4 Å². The maximum absolute atomic E-state index is 14.0. The molecule has 2 aliphatic carbocycles. The molecule has 230 valence electrons. The second-order valence-corrected chi connectivity index (χ2v) is 14.2. The van der Waals surface area contributed by atoms with Crippen LogP contribution in [-0.4, -0.2) is 71.0 Å². The molecule has 3 aromatic rings. The average molecular weight is 641 g/mol. The summed E-state index contributed by atoms with van der Waals surface area (Å²) in [5.74, 6) is -12.1. The van der Waals surface area contributed by atoms with Gasteiger partial charge in [0.2, 0.25) is 5.95 Å². The first kappa shape index (κ1) is 30.6. The highest BCUT2D eigenvalue weighted by Crippen LogP contribution is 2.47. The molecular formula is C25H27F7N6O2S2. The van der Waals surface area contributed by atoms with Crippen LogP contribution in [0.3, 0.4) is 0 Å². The van der Waals surface area contributed by atoms with Crippen molar-refractivity contribution in [2.24, 2.45) is 5.92 Å². The highest BCUT2D eigenvalue weighted by molar-refractivity contribution is 7.90. The van der Waals surface area contributed by atoms with Gasteiger partial charge in [-0.05, 0) is 51.0 Å². The van der Waals surface area contributed by atoms with Gasteiger partial charge in [-0.15, -0.1) is 11.3 Å². The lowest BCUT2D eigenvalue weighted by molar-refractivity contribution is -0.350. The Morgan fingerprint density at radius 2 is 1.74 bits per heavy atom. The Morgan fingerprint density at radius 3 is 2.38 bits per heavy atom. The molecule has 3 aromatic heterocycles. The number of hydrogen-bond acceptors (Lipinski definition) is 9. The predicted molar refractivity (Wildman–Crippen MR) is 144 cm³/mol. The van der Waals surface area contributed by atoms with Crippen LogP contribution in [0.15, 0.2) is 12.3 Å². The van der Waals surface area contributed by atoms with Gasteiger partial charge in [-0.1, -0.05) is 0 Å². The molecule has 42 heavy (non-hydrogen) atoms. The van der Waals surface area contributed by atoms with E-state index in [2.05, 4.69) is 20.3 Å². The standard InChI is InChI=1S/C25H27F7N6O2S2/c1-12-17(21-37-19-16(41-21)7-8-33-18(19)14-4-5-14)20(36-15-6-3-13(9-15)10-42(2,39)40)38-22(35-12)34-11-23(26,27)24(28,29)25(30,31)32/h7-8,13-15H,3-6,9-11H2,1-2H3,(H2,34,35,36,38)/t13-,15+/m1/s1. The lowest BCUT2D eigenvalue weighted by Crippen LogP contribution is -2.55. The van der Waals surface area contributed by atoms with E-state index in [1.165, 1.54) is 18.3 Å². The van der Waals surface area contributed by atoms with E-state index in [-0.39, 0.29) is 29.2 Å². The molecule has 2 saturated carbocycles. The first-order valence-electron chi connectivity index (χ1n) is 13.1. The van der Waals surface area contributed by atoms with Crippen LogP contribution in [0.5, 0.6) is 0 Å². The molecule has 0 unspecified atom stereocenters. The Labute approximate surface area is 240 Å². The molecule has 2 N–H and O–H groups in total. The Kier molecular flexibility index (Phi) is 7.82. The van der Waals surface area contributed by atoms with E-state index in [0.29, 0.717) is 41.3 Å². The van der Waals surface area contributed by atoms with Crippen LogP contribution in [0, 0.1) is 12.8 Å². The van der Waals surface area contributed by atoms with Crippen LogP contribution < -0.4 is 10.6 Å². The number of thiazole rings is 1. The van der Waals surface area contributed by atoms with Crippen molar-refractivity contribution in [1.82, 2.24) is 19.9 Å². The minimum absolute atomic E-state index is 0.00897. The molecule has 2 atom stereocenters. The van der Waals surface area contributed by atoms with Crippen molar-refractivity contribution < 1.29 is 39.2 Å². The summed E-state index contributed by atoms with van der Waals surface area (Å²) < 4.78 is 117. The smallest absolute Gasteiger partial charge is 0.367 e. The van der Waals surface area contributed by atoms with Crippen molar-refractivity contribution in [3.63, 3.8) is 0 Å². The Hall–Kier alpha value is -2.82. The number of hydrogen-bond donors (Lipinski definition) is 2. The largest absolute Gasteiger partial charge is 0.459 e. The fourth-order valence-corrected chi connectivity index (χ4v) is 7.36. The summed E-state index contributed by atoms with van der Waals surface area (Å²) in [6.07, 6.45) is -0.0204. The van der Waals surface area contributed by atoms with Gasteiger partial charge in [0.05, 0.1) is 33.9 Å². The van der Waals surface area contributed by atoms with Crippen molar-refractivity contribution in [1.29, 1.82) is 0 Å². The van der Waals surface area contributed by atoms with Gasteiger partial charge in [0.25, 0.3) is 0 Å². The molecule has 5 rings (SSSR count). The first-order valence-corrected chi connectivity index (χ1v) is 16.0. The van der Waals surface area contributed by atoms with Crippen molar-refractivity contribution in [2.45, 2.75) is 69.0 Å². The quantitative estimate of drug-likeness (QED) is 0.252. The van der Waals surface area contributed by atoms with Crippen molar-refractivity contribution in [3.8, 4) is 10.6 Å². The molecule has 2 aliphatic rings. The molecule has 0 bridgehead atoms. The van der Waals surface area contributed by atoms with Crippen LogP contribution in [0.4, 0.5) is 42.5 Å². The summed E-state index contributed by atoms with van der Waals surface area (Å²) in [6, 6.07) is 1.53. The second kappa shape index (κ2) is 10.7. The zero-order chi connectivity index (χ0) is 30.7.